The molecule has 0 bridgehead atoms. The highest BCUT2D eigenvalue weighted by Gasteiger charge is 2.57. The van der Waals surface area contributed by atoms with E-state index in [4.69, 9.17) is 0 Å². The van der Waals surface area contributed by atoms with Crippen LogP contribution in [0.2, 0.25) is 0 Å². The number of carbonyl (C=O) groups excluding carboxylic acids is 1. The van der Waals surface area contributed by atoms with E-state index in [0.29, 0.717) is 5.56 Å². The molecule has 18 heavy (non-hydrogen) atoms. The number of rotatable bonds is 1. The van der Waals surface area contributed by atoms with Crippen LogP contribution in [0.3, 0.4) is 0 Å². The number of nitrogens with one attached hydrogen (secondary N) is 1. The van der Waals surface area contributed by atoms with E-state index in [2.05, 4.69) is 0 Å². The molecule has 0 radical (unpaired) electrons. The minimum absolute atomic E-state index is 0.0532. The molecule has 1 aliphatic heterocycles. The van der Waals surface area contributed by atoms with Gasteiger partial charge in [-0.1, -0.05) is 30.3 Å². The normalized spacial score (nSPS) is 28.9. The molecule has 3 nitrogen and oxygen atoms in total. The van der Waals surface area contributed by atoms with Crippen molar-refractivity contribution in [1.82, 2.24) is 5.32 Å². The van der Waals surface area contributed by atoms with Gasteiger partial charge < -0.3 is 10.4 Å². The Balaban J connectivity index is 2.28. The maximum atomic E-state index is 12.7. The third-order valence-corrected chi connectivity index (χ3v) is 3.06. The van der Waals surface area contributed by atoms with Gasteiger partial charge in [-0.2, -0.15) is 13.2 Å². The van der Waals surface area contributed by atoms with Crippen molar-refractivity contribution in [3.63, 3.8) is 0 Å². The fourth-order valence-electron chi connectivity index (χ4n) is 2.13. The van der Waals surface area contributed by atoms with Gasteiger partial charge in [0.1, 0.15) is 0 Å². The van der Waals surface area contributed by atoms with Crippen molar-refractivity contribution in [2.45, 2.75) is 30.7 Å². The summed E-state index contributed by atoms with van der Waals surface area (Å²) in [6, 6.07) is 8.42. The first-order chi connectivity index (χ1) is 8.32. The van der Waals surface area contributed by atoms with Crippen LogP contribution in [0.25, 0.3) is 0 Å². The number of amides is 1. The van der Waals surface area contributed by atoms with Crippen molar-refractivity contribution in [3.05, 3.63) is 35.9 Å². The SMILES string of the molecule is O=C1C[C@@H](c2ccccc2)C[C@@](O)(C(F)(F)F)N1. The third-order valence-electron chi connectivity index (χ3n) is 3.06. The Morgan fingerprint density at radius 1 is 1.28 bits per heavy atom. The lowest BCUT2D eigenvalue weighted by atomic mass is 9.84. The molecule has 0 unspecified atom stereocenters. The third kappa shape index (κ3) is 2.33. The minimum atomic E-state index is -4.88. The quantitative estimate of drug-likeness (QED) is 0.809. The molecule has 1 fully saturated rings. The van der Waals surface area contributed by atoms with E-state index in [-0.39, 0.29) is 6.42 Å². The molecule has 2 N–H and O–H groups in total. The van der Waals surface area contributed by atoms with Gasteiger partial charge in [-0.05, 0) is 11.5 Å². The van der Waals surface area contributed by atoms with Crippen LogP contribution in [0.4, 0.5) is 13.2 Å². The molecule has 1 aromatic rings. The van der Waals surface area contributed by atoms with E-state index < -0.39 is 30.1 Å². The maximum Gasteiger partial charge on any atom is 0.436 e. The molecule has 0 spiro atoms. The molecule has 0 saturated carbocycles. The highest BCUT2D eigenvalue weighted by Crippen LogP contribution is 2.40. The molecule has 2 rings (SSSR count). The first kappa shape index (κ1) is 12.9. The Kier molecular flexibility index (Phi) is 3.06. The Bertz CT molecular complexity index is 446. The Morgan fingerprint density at radius 2 is 1.89 bits per heavy atom. The standard InChI is InChI=1S/C12H12F3NO2/c13-12(14,15)11(18)7-9(6-10(17)16-11)8-4-2-1-3-5-8/h1-5,9,18H,6-7H2,(H,16,17)/t9-,11-/m1/s1. The highest BCUT2D eigenvalue weighted by atomic mass is 19.4. The van der Waals surface area contributed by atoms with Gasteiger partial charge >= 0.3 is 6.18 Å². The Hall–Kier alpha value is -1.56. The summed E-state index contributed by atoms with van der Waals surface area (Å²) in [7, 11) is 0. The number of hydrogen-bond donors (Lipinski definition) is 2. The fraction of sp³-hybridized carbons (Fsp3) is 0.417. The second-order valence-corrected chi connectivity index (χ2v) is 4.42. The van der Waals surface area contributed by atoms with E-state index >= 15 is 0 Å². The minimum Gasteiger partial charge on any atom is -0.363 e. The van der Waals surface area contributed by atoms with Crippen molar-refractivity contribution >= 4 is 5.91 Å². The van der Waals surface area contributed by atoms with Crippen molar-refractivity contribution in [1.29, 1.82) is 0 Å². The summed E-state index contributed by atoms with van der Waals surface area (Å²) >= 11 is 0. The molecule has 1 aliphatic rings. The smallest absolute Gasteiger partial charge is 0.363 e. The average molecular weight is 259 g/mol. The number of hydrogen-bond acceptors (Lipinski definition) is 2. The van der Waals surface area contributed by atoms with Gasteiger partial charge in [0.2, 0.25) is 11.6 Å². The number of carbonyl (C=O) groups is 1. The molecule has 0 aliphatic carbocycles. The van der Waals surface area contributed by atoms with Crippen LogP contribution in [0, 0.1) is 0 Å². The van der Waals surface area contributed by atoms with Gasteiger partial charge in [-0.3, -0.25) is 4.79 Å². The van der Waals surface area contributed by atoms with Crippen molar-refractivity contribution in [3.8, 4) is 0 Å². The van der Waals surface area contributed by atoms with Crippen LogP contribution >= 0.6 is 0 Å². The molecule has 98 valence electrons. The molecule has 0 aromatic heterocycles. The lowest BCUT2D eigenvalue weighted by Crippen LogP contribution is -2.62. The number of piperidine rings is 1. The second kappa shape index (κ2) is 4.28. The zero-order valence-electron chi connectivity index (χ0n) is 9.37. The summed E-state index contributed by atoms with van der Waals surface area (Å²) in [5, 5.41) is 11.2. The van der Waals surface area contributed by atoms with Gasteiger partial charge in [0.15, 0.2) is 0 Å². The van der Waals surface area contributed by atoms with Crippen molar-refractivity contribution < 1.29 is 23.1 Å². The molecule has 1 amide bonds. The second-order valence-electron chi connectivity index (χ2n) is 4.42. The number of alkyl halides is 3. The van der Waals surface area contributed by atoms with Gasteiger partial charge in [-0.25, -0.2) is 0 Å². The number of halogens is 3. The predicted molar refractivity (Wildman–Crippen MR) is 57.6 cm³/mol. The van der Waals surface area contributed by atoms with E-state index in [0.717, 1.165) is 0 Å². The summed E-state index contributed by atoms with van der Waals surface area (Å²) in [6.07, 6.45) is -5.50. The molecule has 2 atom stereocenters. The zero-order chi connectivity index (χ0) is 13.4. The van der Waals surface area contributed by atoms with Gasteiger partial charge in [0.05, 0.1) is 0 Å². The Morgan fingerprint density at radius 3 is 2.44 bits per heavy atom. The summed E-state index contributed by atoms with van der Waals surface area (Å²) in [6.45, 7) is 0. The monoisotopic (exact) mass is 259 g/mol. The van der Waals surface area contributed by atoms with Crippen molar-refractivity contribution in [2.24, 2.45) is 0 Å². The number of aliphatic hydroxyl groups is 1. The van der Waals surface area contributed by atoms with Crippen LogP contribution in [0.5, 0.6) is 0 Å². The van der Waals surface area contributed by atoms with Crippen LogP contribution < -0.4 is 5.32 Å². The van der Waals surface area contributed by atoms with Crippen LogP contribution in [0.15, 0.2) is 30.3 Å². The molecule has 1 aromatic carbocycles. The fourth-order valence-corrected chi connectivity index (χ4v) is 2.13. The van der Waals surface area contributed by atoms with Gasteiger partial charge in [0.25, 0.3) is 0 Å². The summed E-state index contributed by atoms with van der Waals surface area (Å²) in [5.41, 5.74) is -2.52. The van der Waals surface area contributed by atoms with Gasteiger partial charge in [-0.15, -0.1) is 0 Å². The van der Waals surface area contributed by atoms with Crippen molar-refractivity contribution in [2.75, 3.05) is 0 Å². The number of benzene rings is 1. The summed E-state index contributed by atoms with van der Waals surface area (Å²) < 4.78 is 38.2. The first-order valence-corrected chi connectivity index (χ1v) is 5.47. The summed E-state index contributed by atoms with van der Waals surface area (Å²) in [5.74, 6) is -1.43. The van der Waals surface area contributed by atoms with E-state index in [1.165, 1.54) is 0 Å². The molecule has 6 heteroatoms. The zero-order valence-corrected chi connectivity index (χ0v) is 9.37. The van der Waals surface area contributed by atoms with E-state index in [9.17, 15) is 23.1 Å². The lowest BCUT2D eigenvalue weighted by molar-refractivity contribution is -0.278. The van der Waals surface area contributed by atoms with Crippen LogP contribution in [-0.2, 0) is 4.79 Å². The van der Waals surface area contributed by atoms with Crippen LogP contribution in [-0.4, -0.2) is 22.9 Å². The van der Waals surface area contributed by atoms with Crippen LogP contribution in [0.1, 0.15) is 24.3 Å². The molecule has 1 saturated heterocycles. The van der Waals surface area contributed by atoms with E-state index in [1.54, 1.807) is 35.6 Å². The first-order valence-electron chi connectivity index (χ1n) is 5.47. The molecular formula is C12H12F3NO2. The van der Waals surface area contributed by atoms with Gasteiger partial charge in [0, 0.05) is 12.8 Å². The van der Waals surface area contributed by atoms with E-state index in [1.807, 2.05) is 0 Å². The highest BCUT2D eigenvalue weighted by molar-refractivity contribution is 5.78. The Labute approximate surface area is 102 Å². The topological polar surface area (TPSA) is 49.3 Å². The largest absolute Gasteiger partial charge is 0.436 e. The average Bonchev–Trinajstić information content (AvgIpc) is 2.27. The maximum absolute atomic E-state index is 12.7. The lowest BCUT2D eigenvalue weighted by Gasteiger charge is -2.38. The predicted octanol–water partition coefficient (Wildman–Crippen LogP) is 1.93. The summed E-state index contributed by atoms with van der Waals surface area (Å²) in [4.78, 5) is 11.3. The molecular weight excluding hydrogens is 247 g/mol. The molecule has 1 heterocycles.